The molecule has 16 heavy (non-hydrogen) atoms. The molecule has 0 saturated carbocycles. The van der Waals surface area contributed by atoms with Crippen LogP contribution in [0.3, 0.4) is 0 Å². The van der Waals surface area contributed by atoms with Crippen molar-refractivity contribution in [3.63, 3.8) is 0 Å². The van der Waals surface area contributed by atoms with E-state index in [1.165, 1.54) is 4.31 Å². The van der Waals surface area contributed by atoms with E-state index >= 15 is 0 Å². The highest BCUT2D eigenvalue weighted by atomic mass is 32.2. The van der Waals surface area contributed by atoms with E-state index in [1.54, 1.807) is 0 Å². The molecular formula is C10H23N3O2S. The lowest BCUT2D eigenvalue weighted by Gasteiger charge is -2.33. The maximum Gasteiger partial charge on any atom is 0.279 e. The maximum atomic E-state index is 12.1. The van der Waals surface area contributed by atoms with Crippen molar-refractivity contribution in [2.45, 2.75) is 45.1 Å². The van der Waals surface area contributed by atoms with Crippen LogP contribution in [0.25, 0.3) is 0 Å². The molecule has 0 amide bonds. The minimum atomic E-state index is -3.36. The normalized spacial score (nSPS) is 22.9. The highest BCUT2D eigenvalue weighted by Crippen LogP contribution is 2.15. The van der Waals surface area contributed by atoms with Gasteiger partial charge in [0.05, 0.1) is 0 Å². The Bertz CT molecular complexity index is 306. The van der Waals surface area contributed by atoms with Crippen molar-refractivity contribution >= 4 is 10.2 Å². The highest BCUT2D eigenvalue weighted by Gasteiger charge is 2.31. The Kier molecular flexibility index (Phi) is 4.73. The molecular weight excluding hydrogens is 226 g/mol. The predicted octanol–water partition coefficient (Wildman–Crippen LogP) is 0.434. The fraction of sp³-hybridized carbons (Fsp3) is 1.00. The van der Waals surface area contributed by atoms with Crippen molar-refractivity contribution < 1.29 is 8.42 Å². The van der Waals surface area contributed by atoms with Gasteiger partial charge in [0.25, 0.3) is 10.2 Å². The molecule has 1 saturated heterocycles. The van der Waals surface area contributed by atoms with Crippen LogP contribution in [0, 0.1) is 0 Å². The third kappa shape index (κ3) is 3.41. The zero-order chi connectivity index (χ0) is 12.2. The molecule has 6 heteroatoms. The van der Waals surface area contributed by atoms with Crippen LogP contribution in [-0.2, 0) is 10.2 Å². The van der Waals surface area contributed by atoms with Crippen LogP contribution in [0.5, 0.6) is 0 Å². The molecule has 0 aliphatic carbocycles. The molecule has 1 aliphatic rings. The summed E-state index contributed by atoms with van der Waals surface area (Å²) in [6.07, 6.45) is 3.71. The molecule has 1 atom stereocenters. The van der Waals surface area contributed by atoms with E-state index in [0.29, 0.717) is 26.1 Å². The summed E-state index contributed by atoms with van der Waals surface area (Å²) in [6.45, 7) is 5.34. The van der Waals surface area contributed by atoms with Gasteiger partial charge >= 0.3 is 0 Å². The molecule has 0 aromatic carbocycles. The predicted molar refractivity (Wildman–Crippen MR) is 65.2 cm³/mol. The lowest BCUT2D eigenvalue weighted by molar-refractivity contribution is 0.323. The van der Waals surface area contributed by atoms with E-state index in [1.807, 2.05) is 13.8 Å². The molecule has 1 heterocycles. The molecule has 5 nitrogen and oxygen atoms in total. The molecule has 0 bridgehead atoms. The quantitative estimate of drug-likeness (QED) is 0.742. The van der Waals surface area contributed by atoms with Crippen molar-refractivity contribution in [2.75, 3.05) is 19.6 Å². The summed E-state index contributed by atoms with van der Waals surface area (Å²) < 4.78 is 28.4. The largest absolute Gasteiger partial charge is 0.329 e. The average Bonchev–Trinajstić information content (AvgIpc) is 2.29. The van der Waals surface area contributed by atoms with Crippen molar-refractivity contribution in [3.05, 3.63) is 0 Å². The van der Waals surface area contributed by atoms with E-state index < -0.39 is 15.7 Å². The summed E-state index contributed by atoms with van der Waals surface area (Å²) in [5.74, 6) is 0. The zero-order valence-electron chi connectivity index (χ0n) is 10.2. The third-order valence-electron chi connectivity index (χ3n) is 3.26. The molecule has 1 fully saturated rings. The lowest BCUT2D eigenvalue weighted by Crippen LogP contribution is -2.55. The number of nitrogens with one attached hydrogen (secondary N) is 1. The Morgan fingerprint density at radius 2 is 1.88 bits per heavy atom. The van der Waals surface area contributed by atoms with Gasteiger partial charge in [-0.2, -0.15) is 17.4 Å². The van der Waals surface area contributed by atoms with Gasteiger partial charge in [-0.05, 0) is 26.2 Å². The zero-order valence-corrected chi connectivity index (χ0v) is 11.0. The van der Waals surface area contributed by atoms with E-state index in [9.17, 15) is 8.42 Å². The number of hydrogen-bond donors (Lipinski definition) is 2. The van der Waals surface area contributed by atoms with Gasteiger partial charge in [0.2, 0.25) is 0 Å². The molecule has 0 aromatic rings. The number of nitrogens with two attached hydrogens (primary N) is 1. The van der Waals surface area contributed by atoms with Crippen molar-refractivity contribution in [1.82, 2.24) is 9.03 Å². The number of piperidine rings is 1. The molecule has 0 radical (unpaired) electrons. The second-order valence-electron chi connectivity index (χ2n) is 4.69. The monoisotopic (exact) mass is 249 g/mol. The first-order valence-corrected chi connectivity index (χ1v) is 7.37. The van der Waals surface area contributed by atoms with Gasteiger partial charge in [-0.1, -0.05) is 13.3 Å². The SMILES string of the molecule is CCC(C)(CN)NS(=O)(=O)N1CCCCC1. The summed E-state index contributed by atoms with van der Waals surface area (Å²) in [5, 5.41) is 0. The molecule has 96 valence electrons. The Morgan fingerprint density at radius 3 is 2.31 bits per heavy atom. The Balaban J connectivity index is 2.70. The topological polar surface area (TPSA) is 75.4 Å². The van der Waals surface area contributed by atoms with Gasteiger partial charge in [-0.25, -0.2) is 0 Å². The van der Waals surface area contributed by atoms with Crippen LogP contribution in [0.2, 0.25) is 0 Å². The molecule has 1 unspecified atom stereocenters. The number of rotatable bonds is 5. The van der Waals surface area contributed by atoms with Crippen LogP contribution in [0.15, 0.2) is 0 Å². The average molecular weight is 249 g/mol. The van der Waals surface area contributed by atoms with Gasteiger partial charge < -0.3 is 5.73 Å². The summed E-state index contributed by atoms with van der Waals surface area (Å²) in [5.41, 5.74) is 5.08. The van der Waals surface area contributed by atoms with Crippen molar-refractivity contribution in [2.24, 2.45) is 5.73 Å². The Morgan fingerprint density at radius 1 is 1.31 bits per heavy atom. The van der Waals surface area contributed by atoms with E-state index in [4.69, 9.17) is 5.73 Å². The van der Waals surface area contributed by atoms with Crippen LogP contribution >= 0.6 is 0 Å². The minimum Gasteiger partial charge on any atom is -0.329 e. The fourth-order valence-corrected chi connectivity index (χ4v) is 3.46. The standard InChI is InChI=1S/C10H23N3O2S/c1-3-10(2,9-11)12-16(14,15)13-7-5-4-6-8-13/h12H,3-9,11H2,1-2H3. The molecule has 0 spiro atoms. The van der Waals surface area contributed by atoms with E-state index in [-0.39, 0.29) is 0 Å². The Hall–Kier alpha value is -0.170. The minimum absolute atomic E-state index is 0.316. The molecule has 3 N–H and O–H groups in total. The van der Waals surface area contributed by atoms with Gasteiger partial charge in [0.1, 0.15) is 0 Å². The Labute approximate surface area is 98.6 Å². The van der Waals surface area contributed by atoms with Crippen molar-refractivity contribution in [1.29, 1.82) is 0 Å². The second-order valence-corrected chi connectivity index (χ2v) is 6.36. The van der Waals surface area contributed by atoms with Crippen LogP contribution < -0.4 is 10.5 Å². The molecule has 1 aliphatic heterocycles. The first-order chi connectivity index (χ1) is 7.43. The summed E-state index contributed by atoms with van der Waals surface area (Å²) >= 11 is 0. The van der Waals surface area contributed by atoms with Gasteiger partial charge in [-0.3, -0.25) is 0 Å². The summed E-state index contributed by atoms with van der Waals surface area (Å²) in [6, 6.07) is 0. The summed E-state index contributed by atoms with van der Waals surface area (Å²) in [7, 11) is -3.36. The molecule has 0 aromatic heterocycles. The number of nitrogens with zero attached hydrogens (tertiary/aromatic N) is 1. The lowest BCUT2D eigenvalue weighted by atomic mass is 10.0. The fourth-order valence-electron chi connectivity index (χ4n) is 1.74. The van der Waals surface area contributed by atoms with Gasteiger partial charge in [0, 0.05) is 25.2 Å². The number of hydrogen-bond acceptors (Lipinski definition) is 3. The second kappa shape index (κ2) is 5.44. The summed E-state index contributed by atoms with van der Waals surface area (Å²) in [4.78, 5) is 0. The van der Waals surface area contributed by atoms with Gasteiger partial charge in [-0.15, -0.1) is 0 Å². The molecule has 1 rings (SSSR count). The first-order valence-electron chi connectivity index (χ1n) is 5.92. The third-order valence-corrected chi connectivity index (χ3v) is 5.06. The van der Waals surface area contributed by atoms with E-state index in [0.717, 1.165) is 19.3 Å². The smallest absolute Gasteiger partial charge is 0.279 e. The van der Waals surface area contributed by atoms with Crippen LogP contribution in [0.1, 0.15) is 39.5 Å². The van der Waals surface area contributed by atoms with E-state index in [2.05, 4.69) is 4.72 Å². The van der Waals surface area contributed by atoms with Crippen molar-refractivity contribution in [3.8, 4) is 0 Å². The highest BCUT2D eigenvalue weighted by molar-refractivity contribution is 7.87. The maximum absolute atomic E-state index is 12.1. The van der Waals surface area contributed by atoms with Crippen LogP contribution in [-0.4, -0.2) is 37.9 Å². The first kappa shape index (κ1) is 13.9. The van der Waals surface area contributed by atoms with Gasteiger partial charge in [0.15, 0.2) is 0 Å². The van der Waals surface area contributed by atoms with Crippen LogP contribution in [0.4, 0.5) is 0 Å².